The van der Waals surface area contributed by atoms with Crippen LogP contribution in [0.1, 0.15) is 33.6 Å². The van der Waals surface area contributed by atoms with Crippen LogP contribution in [0.4, 0.5) is 4.79 Å². The molecule has 1 aliphatic rings. The second-order valence-corrected chi connectivity index (χ2v) is 4.98. The van der Waals surface area contributed by atoms with Crippen LogP contribution < -0.4 is 16.0 Å². The molecule has 0 spiro atoms. The lowest BCUT2D eigenvalue weighted by Crippen LogP contribution is -2.50. The Hall–Kier alpha value is -1.10. The largest absolute Gasteiger partial charge is 0.341 e. The lowest BCUT2D eigenvalue weighted by Gasteiger charge is -2.23. The lowest BCUT2D eigenvalue weighted by molar-refractivity contribution is -0.121. The van der Waals surface area contributed by atoms with Gasteiger partial charge in [0.2, 0.25) is 5.91 Å². The van der Waals surface area contributed by atoms with Gasteiger partial charge in [-0.1, -0.05) is 13.8 Å². The van der Waals surface area contributed by atoms with E-state index in [0.29, 0.717) is 17.9 Å². The number of imide groups is 1. The van der Waals surface area contributed by atoms with Crippen molar-refractivity contribution in [3.8, 4) is 0 Å². The molecule has 1 rings (SSSR count). The number of amides is 3. The van der Waals surface area contributed by atoms with Gasteiger partial charge in [0, 0.05) is 13.1 Å². The van der Waals surface area contributed by atoms with Crippen molar-refractivity contribution in [2.24, 2.45) is 11.8 Å². The van der Waals surface area contributed by atoms with Gasteiger partial charge in [-0.05, 0) is 31.6 Å². The highest BCUT2D eigenvalue weighted by Gasteiger charge is 2.31. The Morgan fingerprint density at radius 2 is 1.88 bits per heavy atom. The molecule has 4 atom stereocenters. The Morgan fingerprint density at radius 1 is 1.24 bits per heavy atom. The number of carbonyl (C=O) groups excluding carboxylic acids is 2. The molecule has 98 valence electrons. The quantitative estimate of drug-likeness (QED) is 0.686. The molecule has 1 fully saturated rings. The maximum Gasteiger partial charge on any atom is 0.321 e. The molecule has 3 N–H and O–H groups in total. The SMILES string of the molecule is CNC(=O)NC(=O)C(C)NC1CCC(C)C1C. The summed E-state index contributed by atoms with van der Waals surface area (Å²) < 4.78 is 0. The Morgan fingerprint density at radius 3 is 2.35 bits per heavy atom. The van der Waals surface area contributed by atoms with E-state index >= 15 is 0 Å². The van der Waals surface area contributed by atoms with Gasteiger partial charge in [-0.15, -0.1) is 0 Å². The van der Waals surface area contributed by atoms with E-state index in [1.54, 1.807) is 6.92 Å². The molecule has 0 saturated heterocycles. The Bertz CT molecular complexity index is 293. The summed E-state index contributed by atoms with van der Waals surface area (Å²) in [7, 11) is 1.49. The third kappa shape index (κ3) is 3.70. The third-order valence-electron chi connectivity index (χ3n) is 3.79. The summed E-state index contributed by atoms with van der Waals surface area (Å²) in [6.45, 7) is 6.23. The normalized spacial score (nSPS) is 29.8. The van der Waals surface area contributed by atoms with E-state index in [-0.39, 0.29) is 11.9 Å². The molecule has 1 aliphatic carbocycles. The van der Waals surface area contributed by atoms with Crippen LogP contribution >= 0.6 is 0 Å². The maximum atomic E-state index is 11.7. The van der Waals surface area contributed by atoms with Gasteiger partial charge >= 0.3 is 6.03 Å². The highest BCUT2D eigenvalue weighted by Crippen LogP contribution is 2.31. The first kappa shape index (κ1) is 14.0. The summed E-state index contributed by atoms with van der Waals surface area (Å²) >= 11 is 0. The van der Waals surface area contributed by atoms with E-state index in [0.717, 1.165) is 6.42 Å². The van der Waals surface area contributed by atoms with Crippen molar-refractivity contribution >= 4 is 11.9 Å². The number of nitrogens with one attached hydrogen (secondary N) is 3. The molecule has 0 bridgehead atoms. The highest BCUT2D eigenvalue weighted by molar-refractivity contribution is 5.96. The molecule has 0 aromatic heterocycles. The summed E-state index contributed by atoms with van der Waals surface area (Å²) in [6.07, 6.45) is 2.29. The summed E-state index contributed by atoms with van der Waals surface area (Å²) in [6, 6.07) is -0.433. The number of hydrogen-bond acceptors (Lipinski definition) is 3. The molecular formula is C12H23N3O2. The monoisotopic (exact) mass is 241 g/mol. The van der Waals surface area contributed by atoms with Crippen molar-refractivity contribution in [3.05, 3.63) is 0 Å². The van der Waals surface area contributed by atoms with Gasteiger partial charge < -0.3 is 10.6 Å². The first-order valence-electron chi connectivity index (χ1n) is 6.24. The van der Waals surface area contributed by atoms with Crippen LogP contribution in [0.2, 0.25) is 0 Å². The summed E-state index contributed by atoms with van der Waals surface area (Å²) in [5, 5.41) is 7.94. The predicted molar refractivity (Wildman–Crippen MR) is 66.5 cm³/mol. The van der Waals surface area contributed by atoms with Crippen LogP contribution in [0.5, 0.6) is 0 Å². The molecule has 0 aliphatic heterocycles. The van der Waals surface area contributed by atoms with Gasteiger partial charge in [0.1, 0.15) is 0 Å². The molecule has 0 aromatic carbocycles. The highest BCUT2D eigenvalue weighted by atomic mass is 16.2. The third-order valence-corrected chi connectivity index (χ3v) is 3.79. The van der Waals surface area contributed by atoms with Gasteiger partial charge in [0.05, 0.1) is 6.04 Å². The number of carbonyl (C=O) groups is 2. The second-order valence-electron chi connectivity index (χ2n) is 4.98. The van der Waals surface area contributed by atoms with Crippen LogP contribution in [0.15, 0.2) is 0 Å². The molecular weight excluding hydrogens is 218 g/mol. The van der Waals surface area contributed by atoms with Gasteiger partial charge in [-0.3, -0.25) is 10.1 Å². The van der Waals surface area contributed by atoms with Crippen LogP contribution in [0, 0.1) is 11.8 Å². The zero-order valence-electron chi connectivity index (χ0n) is 11.0. The average Bonchev–Trinajstić information content (AvgIpc) is 2.60. The summed E-state index contributed by atoms with van der Waals surface area (Å²) in [4.78, 5) is 22.7. The Balaban J connectivity index is 2.41. The van der Waals surface area contributed by atoms with Crippen LogP contribution in [-0.2, 0) is 4.79 Å². The van der Waals surface area contributed by atoms with E-state index < -0.39 is 6.03 Å². The van der Waals surface area contributed by atoms with E-state index in [4.69, 9.17) is 0 Å². The number of urea groups is 1. The molecule has 0 radical (unpaired) electrons. The smallest absolute Gasteiger partial charge is 0.321 e. The standard InChI is InChI=1S/C12H23N3O2/c1-7-5-6-10(8(7)2)14-9(3)11(16)15-12(17)13-4/h7-10,14H,5-6H2,1-4H3,(H2,13,15,16,17). The summed E-state index contributed by atoms with van der Waals surface area (Å²) in [5.41, 5.74) is 0. The van der Waals surface area contributed by atoms with Gasteiger partial charge in [0.15, 0.2) is 0 Å². The molecule has 0 heterocycles. The first-order valence-corrected chi connectivity index (χ1v) is 6.24. The maximum absolute atomic E-state index is 11.7. The minimum absolute atomic E-state index is 0.281. The number of hydrogen-bond donors (Lipinski definition) is 3. The van der Waals surface area contributed by atoms with Gasteiger partial charge in [0.25, 0.3) is 0 Å². The molecule has 5 heteroatoms. The van der Waals surface area contributed by atoms with Crippen LogP contribution in [-0.4, -0.2) is 31.1 Å². The van der Waals surface area contributed by atoms with Crippen LogP contribution in [0.3, 0.4) is 0 Å². The molecule has 1 saturated carbocycles. The van der Waals surface area contributed by atoms with Crippen molar-refractivity contribution in [1.29, 1.82) is 0 Å². The van der Waals surface area contributed by atoms with Crippen molar-refractivity contribution in [1.82, 2.24) is 16.0 Å². The average molecular weight is 241 g/mol. The fraction of sp³-hybridized carbons (Fsp3) is 0.833. The molecule has 0 aromatic rings. The second kappa shape index (κ2) is 6.00. The van der Waals surface area contributed by atoms with E-state index in [1.165, 1.54) is 13.5 Å². The minimum Gasteiger partial charge on any atom is -0.341 e. The van der Waals surface area contributed by atoms with Crippen LogP contribution in [0.25, 0.3) is 0 Å². The van der Waals surface area contributed by atoms with Crippen molar-refractivity contribution in [3.63, 3.8) is 0 Å². The summed E-state index contributed by atoms with van der Waals surface area (Å²) in [5.74, 6) is 0.989. The lowest BCUT2D eigenvalue weighted by atomic mass is 9.97. The topological polar surface area (TPSA) is 70.2 Å². The molecule has 3 amide bonds. The predicted octanol–water partition coefficient (Wildman–Crippen LogP) is 0.855. The zero-order chi connectivity index (χ0) is 13.0. The number of rotatable bonds is 3. The molecule has 5 nitrogen and oxygen atoms in total. The van der Waals surface area contributed by atoms with Crippen molar-refractivity contribution in [2.45, 2.75) is 45.7 Å². The molecule has 17 heavy (non-hydrogen) atoms. The first-order chi connectivity index (χ1) is 7.95. The molecule has 4 unspecified atom stereocenters. The van der Waals surface area contributed by atoms with Gasteiger partial charge in [-0.25, -0.2) is 4.79 Å². The van der Waals surface area contributed by atoms with Crippen molar-refractivity contribution < 1.29 is 9.59 Å². The van der Waals surface area contributed by atoms with E-state index in [9.17, 15) is 9.59 Å². The zero-order valence-corrected chi connectivity index (χ0v) is 11.0. The van der Waals surface area contributed by atoms with E-state index in [2.05, 4.69) is 29.8 Å². The Labute approximate surface area is 103 Å². The fourth-order valence-corrected chi connectivity index (χ4v) is 2.28. The van der Waals surface area contributed by atoms with E-state index in [1.807, 2.05) is 0 Å². The minimum atomic E-state index is -0.462. The Kier molecular flexibility index (Phi) is 4.93. The van der Waals surface area contributed by atoms with Gasteiger partial charge in [-0.2, -0.15) is 0 Å². The fourth-order valence-electron chi connectivity index (χ4n) is 2.28. The van der Waals surface area contributed by atoms with Crippen molar-refractivity contribution in [2.75, 3.05) is 7.05 Å².